The number of ether oxygens (including phenoxy) is 2. The van der Waals surface area contributed by atoms with E-state index in [-0.39, 0.29) is 31.5 Å². The third-order valence-electron chi connectivity index (χ3n) is 7.79. The van der Waals surface area contributed by atoms with Gasteiger partial charge in [0.15, 0.2) is 17.7 Å². The number of nitrogens with one attached hydrogen (secondary N) is 1. The second-order valence-corrected chi connectivity index (χ2v) is 11.3. The van der Waals surface area contributed by atoms with Crippen LogP contribution in [0.15, 0.2) is 77.6 Å². The van der Waals surface area contributed by atoms with Gasteiger partial charge in [0.2, 0.25) is 0 Å². The van der Waals surface area contributed by atoms with Crippen LogP contribution in [0.1, 0.15) is 28.7 Å². The van der Waals surface area contributed by atoms with Crippen molar-refractivity contribution in [2.24, 2.45) is 10.2 Å². The van der Waals surface area contributed by atoms with Gasteiger partial charge in [0.1, 0.15) is 35.8 Å². The minimum absolute atomic E-state index is 0.197. The molecule has 5 N–H and O–H groups in total. The minimum atomic E-state index is -1.08. The molecule has 0 bridgehead atoms. The van der Waals surface area contributed by atoms with E-state index < -0.39 is 24.5 Å². The lowest BCUT2D eigenvalue weighted by molar-refractivity contribution is -0.0713. The summed E-state index contributed by atoms with van der Waals surface area (Å²) in [6.45, 7) is 0.548. The summed E-state index contributed by atoms with van der Waals surface area (Å²) in [5, 5.41) is 40.1. The molecule has 17 nitrogen and oxygen atoms in total. The third-order valence-corrected chi connectivity index (χ3v) is 7.79. The summed E-state index contributed by atoms with van der Waals surface area (Å²) in [6.07, 6.45) is 1.59. The van der Waals surface area contributed by atoms with Crippen LogP contribution in [-0.4, -0.2) is 96.3 Å². The summed E-state index contributed by atoms with van der Waals surface area (Å²) in [4.78, 5) is 27.2. The van der Waals surface area contributed by atoms with Crippen LogP contribution in [0.3, 0.4) is 0 Å². The smallest absolute Gasteiger partial charge is 0.251 e. The number of imidazole rings is 1. The molecule has 3 aromatic heterocycles. The van der Waals surface area contributed by atoms with Crippen LogP contribution < -0.4 is 16.0 Å². The predicted octanol–water partition coefficient (Wildman–Crippen LogP) is 2.14. The standard InChI is InChI=1S/C31H36N12O5/c1-41(2)23-10-8-21(9-11-23)38-37-20-6-4-19(5-7-20)30(46)33-14-22-15-42(40-39-22)12-3-13-47-27-26(45)24(16-44)48-31(27)43-18-36-25-28(32)34-17-35-29(25)43/h4-11,15,17-18,24,26-27,31,44-45H,3,12-14,16H2,1-2H3,(H,33,46)(H2,32,34,35)/t24-,26-,27-,31-/m1/s1. The first kappa shape index (κ1) is 32.6. The monoisotopic (exact) mass is 656 g/mol. The predicted molar refractivity (Wildman–Crippen MR) is 174 cm³/mol. The third kappa shape index (κ3) is 7.28. The number of aryl methyl sites for hydroxylation is 1. The van der Waals surface area contributed by atoms with E-state index in [4.69, 9.17) is 15.2 Å². The molecule has 2 aromatic carbocycles. The molecule has 6 rings (SSSR count). The molecule has 1 saturated heterocycles. The highest BCUT2D eigenvalue weighted by atomic mass is 16.6. The number of anilines is 2. The normalized spacial score (nSPS) is 19.3. The molecule has 0 unspecified atom stereocenters. The molecular weight excluding hydrogens is 620 g/mol. The summed E-state index contributed by atoms with van der Waals surface area (Å²) < 4.78 is 15.2. The van der Waals surface area contributed by atoms with Crippen LogP contribution >= 0.6 is 0 Å². The fourth-order valence-corrected chi connectivity index (χ4v) is 5.19. The van der Waals surface area contributed by atoms with Gasteiger partial charge in [-0.05, 0) is 55.0 Å². The number of aliphatic hydroxyl groups excluding tert-OH is 2. The number of nitrogens with zero attached hydrogens (tertiary/aromatic N) is 10. The Morgan fingerprint density at radius 2 is 1.81 bits per heavy atom. The molecule has 5 aromatic rings. The van der Waals surface area contributed by atoms with E-state index in [1.165, 1.54) is 12.7 Å². The van der Waals surface area contributed by atoms with E-state index in [0.717, 1.165) is 11.4 Å². The SMILES string of the molecule is CN(C)c1ccc(N=Nc2ccc(C(=O)NCc3cn(CCCO[C@@H]4[C@H](O)[C@@H](CO)O[C@H]4n4cnc5c(N)ncnc54)nn3)cc2)cc1. The summed E-state index contributed by atoms with van der Waals surface area (Å²) in [6, 6.07) is 14.6. The summed E-state index contributed by atoms with van der Waals surface area (Å²) >= 11 is 0. The maximum atomic E-state index is 12.7. The van der Waals surface area contributed by atoms with Gasteiger partial charge in [-0.1, -0.05) is 5.21 Å². The van der Waals surface area contributed by atoms with Gasteiger partial charge < -0.3 is 35.6 Å². The number of aliphatic hydroxyl groups is 2. The number of carbonyl (C=O) groups is 1. The van der Waals surface area contributed by atoms with Crippen LogP contribution in [0.25, 0.3) is 11.2 Å². The summed E-state index contributed by atoms with van der Waals surface area (Å²) in [5.74, 6) is -0.0373. The molecular formula is C31H36N12O5. The van der Waals surface area contributed by atoms with Crippen molar-refractivity contribution in [3.63, 3.8) is 0 Å². The minimum Gasteiger partial charge on any atom is -0.394 e. The largest absolute Gasteiger partial charge is 0.394 e. The molecule has 1 aliphatic heterocycles. The topological polar surface area (TPSA) is 216 Å². The van der Waals surface area contributed by atoms with Crippen LogP contribution in [0.4, 0.5) is 22.9 Å². The van der Waals surface area contributed by atoms with Crippen molar-refractivity contribution >= 4 is 40.0 Å². The van der Waals surface area contributed by atoms with Crippen molar-refractivity contribution < 1.29 is 24.5 Å². The molecule has 4 atom stereocenters. The number of azo groups is 1. The van der Waals surface area contributed by atoms with Gasteiger partial charge in [-0.3, -0.25) is 14.0 Å². The zero-order chi connectivity index (χ0) is 33.6. The number of amides is 1. The average Bonchev–Trinajstić information content (AvgIpc) is 3.82. The molecule has 48 heavy (non-hydrogen) atoms. The molecule has 0 radical (unpaired) electrons. The summed E-state index contributed by atoms with van der Waals surface area (Å²) in [7, 11) is 3.95. The lowest BCUT2D eigenvalue weighted by Gasteiger charge is -2.22. The lowest BCUT2D eigenvalue weighted by atomic mass is 10.1. The van der Waals surface area contributed by atoms with Gasteiger partial charge in [-0.2, -0.15) is 10.2 Å². The molecule has 17 heteroatoms. The molecule has 1 fully saturated rings. The van der Waals surface area contributed by atoms with Crippen molar-refractivity contribution in [2.75, 3.05) is 37.9 Å². The van der Waals surface area contributed by atoms with Crippen molar-refractivity contribution in [2.45, 2.75) is 44.1 Å². The number of carbonyl (C=O) groups excluding carboxylic acids is 1. The Kier molecular flexibility index (Phi) is 9.91. The van der Waals surface area contributed by atoms with Crippen LogP contribution in [0, 0.1) is 0 Å². The van der Waals surface area contributed by atoms with Crippen molar-refractivity contribution in [1.82, 2.24) is 39.8 Å². The second kappa shape index (κ2) is 14.6. The van der Waals surface area contributed by atoms with Crippen molar-refractivity contribution in [3.05, 3.63) is 78.6 Å². The van der Waals surface area contributed by atoms with Crippen LogP contribution in [0.5, 0.6) is 0 Å². The Morgan fingerprint density at radius 3 is 2.52 bits per heavy atom. The van der Waals surface area contributed by atoms with E-state index in [2.05, 4.69) is 40.8 Å². The number of hydrogen-bond acceptors (Lipinski definition) is 14. The summed E-state index contributed by atoms with van der Waals surface area (Å²) in [5.41, 5.74) is 10.2. The molecule has 0 aliphatic carbocycles. The van der Waals surface area contributed by atoms with Crippen LogP contribution in [-0.2, 0) is 22.6 Å². The average molecular weight is 657 g/mol. The van der Waals surface area contributed by atoms with E-state index in [1.807, 2.05) is 43.3 Å². The molecule has 1 amide bonds. The zero-order valence-electron chi connectivity index (χ0n) is 26.4. The number of hydrogen-bond donors (Lipinski definition) is 4. The molecule has 0 spiro atoms. The first-order valence-corrected chi connectivity index (χ1v) is 15.3. The quantitative estimate of drug-likeness (QED) is 0.106. The van der Waals surface area contributed by atoms with E-state index >= 15 is 0 Å². The molecule has 4 heterocycles. The number of benzene rings is 2. The Morgan fingerprint density at radius 1 is 1.08 bits per heavy atom. The van der Waals surface area contributed by atoms with E-state index in [1.54, 1.807) is 39.7 Å². The fourth-order valence-electron chi connectivity index (χ4n) is 5.19. The van der Waals surface area contributed by atoms with E-state index in [0.29, 0.717) is 41.1 Å². The van der Waals surface area contributed by atoms with Crippen LogP contribution in [0.2, 0.25) is 0 Å². The molecule has 0 saturated carbocycles. The van der Waals surface area contributed by atoms with E-state index in [9.17, 15) is 15.0 Å². The number of nitrogen functional groups attached to an aromatic ring is 1. The first-order valence-electron chi connectivity index (χ1n) is 15.3. The number of rotatable bonds is 13. The van der Waals surface area contributed by atoms with Gasteiger partial charge in [0, 0.05) is 38.5 Å². The highest BCUT2D eigenvalue weighted by molar-refractivity contribution is 5.94. The van der Waals surface area contributed by atoms with Gasteiger partial charge in [0.05, 0.1) is 37.1 Å². The number of aromatic nitrogens is 7. The maximum Gasteiger partial charge on any atom is 0.251 e. The van der Waals surface area contributed by atoms with Gasteiger partial charge >= 0.3 is 0 Å². The van der Waals surface area contributed by atoms with Crippen molar-refractivity contribution in [3.8, 4) is 0 Å². The Bertz CT molecular complexity index is 1860. The maximum absolute atomic E-state index is 12.7. The number of nitrogens with two attached hydrogens (primary N) is 1. The Labute approximate surface area is 275 Å². The number of fused-ring (bicyclic) bond motifs is 1. The van der Waals surface area contributed by atoms with Crippen molar-refractivity contribution in [1.29, 1.82) is 0 Å². The fraction of sp³-hybridized carbons (Fsp3) is 0.355. The highest BCUT2D eigenvalue weighted by Gasteiger charge is 2.45. The zero-order valence-corrected chi connectivity index (χ0v) is 26.4. The van der Waals surface area contributed by atoms with Gasteiger partial charge in [-0.15, -0.1) is 5.10 Å². The molecule has 250 valence electrons. The van der Waals surface area contributed by atoms with Gasteiger partial charge in [-0.25, -0.2) is 15.0 Å². The second-order valence-electron chi connectivity index (χ2n) is 11.3. The first-order chi connectivity index (χ1) is 23.3. The highest BCUT2D eigenvalue weighted by Crippen LogP contribution is 2.34. The lowest BCUT2D eigenvalue weighted by Crippen LogP contribution is -2.35. The molecule has 1 aliphatic rings. The Balaban J connectivity index is 0.964. The van der Waals surface area contributed by atoms with Gasteiger partial charge in [0.25, 0.3) is 5.91 Å². The Hall–Kier alpha value is -5.36.